The predicted molar refractivity (Wildman–Crippen MR) is 119 cm³/mol. The normalized spacial score (nSPS) is 11.2. The number of amides is 1. The molecule has 0 aliphatic carbocycles. The van der Waals surface area contributed by atoms with Crippen molar-refractivity contribution in [1.82, 2.24) is 4.98 Å². The molecule has 0 aliphatic heterocycles. The highest BCUT2D eigenvalue weighted by molar-refractivity contribution is 7.21. The van der Waals surface area contributed by atoms with Crippen LogP contribution < -0.4 is 5.32 Å². The van der Waals surface area contributed by atoms with Crippen molar-refractivity contribution in [3.63, 3.8) is 0 Å². The first kappa shape index (κ1) is 18.4. The molecule has 1 aromatic heterocycles. The minimum Gasteiger partial charge on any atom is -0.323 e. The molecule has 0 aliphatic rings. The summed E-state index contributed by atoms with van der Waals surface area (Å²) in [6, 6.07) is 21.3. The predicted octanol–water partition coefficient (Wildman–Crippen LogP) is 6.58. The molecule has 1 amide bonds. The Morgan fingerprint density at radius 2 is 1.89 bits per heavy atom. The smallest absolute Gasteiger partial charge is 0.248 e. The lowest BCUT2D eigenvalue weighted by Gasteiger charge is -2.03. The molecule has 0 fully saturated rings. The van der Waals surface area contributed by atoms with Crippen LogP contribution in [-0.4, -0.2) is 10.9 Å². The third-order valence-electron chi connectivity index (χ3n) is 4.22. The summed E-state index contributed by atoms with van der Waals surface area (Å²) in [7, 11) is 0. The van der Waals surface area contributed by atoms with Gasteiger partial charge in [-0.1, -0.05) is 29.8 Å². The lowest BCUT2D eigenvalue weighted by Crippen LogP contribution is -2.07. The molecule has 0 radical (unpaired) electrons. The zero-order valence-electron chi connectivity index (χ0n) is 15.1. The van der Waals surface area contributed by atoms with Crippen LogP contribution in [0.5, 0.6) is 0 Å². The molecule has 28 heavy (non-hydrogen) atoms. The van der Waals surface area contributed by atoms with Gasteiger partial charge in [0.15, 0.2) is 0 Å². The van der Waals surface area contributed by atoms with Gasteiger partial charge in [0.2, 0.25) is 5.91 Å². The molecular formula is C23H17ClN2OS. The van der Waals surface area contributed by atoms with E-state index in [9.17, 15) is 4.79 Å². The second-order valence-electron chi connectivity index (χ2n) is 6.45. The molecule has 0 atom stereocenters. The summed E-state index contributed by atoms with van der Waals surface area (Å²) in [5.41, 5.74) is 4.89. The number of fused-ring (bicyclic) bond motifs is 1. The summed E-state index contributed by atoms with van der Waals surface area (Å²) in [6.07, 6.45) is 3.23. The van der Waals surface area contributed by atoms with Crippen LogP contribution >= 0.6 is 22.9 Å². The average Bonchev–Trinajstić information content (AvgIpc) is 3.10. The van der Waals surface area contributed by atoms with E-state index in [1.165, 1.54) is 16.3 Å². The SMILES string of the molecule is Cc1ccc2nc(-c3ccc(NC(=O)/C=C/c4cccc(Cl)c4)cc3)sc2c1. The summed E-state index contributed by atoms with van der Waals surface area (Å²) < 4.78 is 1.18. The Morgan fingerprint density at radius 1 is 1.07 bits per heavy atom. The Bertz CT molecular complexity index is 1180. The first-order valence-electron chi connectivity index (χ1n) is 8.79. The van der Waals surface area contributed by atoms with Crippen LogP contribution in [0.3, 0.4) is 0 Å². The molecule has 1 heterocycles. The number of rotatable bonds is 4. The number of nitrogens with zero attached hydrogens (tertiary/aromatic N) is 1. The van der Waals surface area contributed by atoms with E-state index in [0.29, 0.717) is 5.02 Å². The van der Waals surface area contributed by atoms with E-state index in [1.807, 2.05) is 42.5 Å². The van der Waals surface area contributed by atoms with Gasteiger partial charge in [-0.15, -0.1) is 11.3 Å². The quantitative estimate of drug-likeness (QED) is 0.390. The van der Waals surface area contributed by atoms with Crippen LogP contribution in [0.2, 0.25) is 5.02 Å². The van der Waals surface area contributed by atoms with Crippen LogP contribution in [0, 0.1) is 6.92 Å². The lowest BCUT2D eigenvalue weighted by atomic mass is 10.2. The fourth-order valence-corrected chi connectivity index (χ4v) is 4.09. The fourth-order valence-electron chi connectivity index (χ4n) is 2.82. The number of aromatic nitrogens is 1. The molecule has 0 saturated carbocycles. The Morgan fingerprint density at radius 3 is 2.68 bits per heavy atom. The van der Waals surface area contributed by atoms with Gasteiger partial charge in [0.05, 0.1) is 10.2 Å². The van der Waals surface area contributed by atoms with Crippen molar-refractivity contribution in [1.29, 1.82) is 0 Å². The highest BCUT2D eigenvalue weighted by Gasteiger charge is 2.07. The Balaban J connectivity index is 1.46. The Kier molecular flexibility index (Phi) is 5.24. The number of aryl methyl sites for hydroxylation is 1. The molecule has 0 spiro atoms. The van der Waals surface area contributed by atoms with Gasteiger partial charge >= 0.3 is 0 Å². The summed E-state index contributed by atoms with van der Waals surface area (Å²) in [6.45, 7) is 2.08. The minimum atomic E-state index is -0.191. The van der Waals surface area contributed by atoms with Gasteiger partial charge in [0.25, 0.3) is 0 Å². The van der Waals surface area contributed by atoms with Gasteiger partial charge in [-0.25, -0.2) is 4.98 Å². The van der Waals surface area contributed by atoms with Crippen molar-refractivity contribution in [3.8, 4) is 10.6 Å². The molecule has 0 saturated heterocycles. The number of thiazole rings is 1. The van der Waals surface area contributed by atoms with E-state index in [1.54, 1.807) is 29.5 Å². The molecule has 0 unspecified atom stereocenters. The summed E-state index contributed by atoms with van der Waals surface area (Å²) in [5, 5.41) is 4.48. The first-order valence-corrected chi connectivity index (χ1v) is 9.98. The van der Waals surface area contributed by atoms with E-state index in [2.05, 4.69) is 24.4 Å². The molecule has 4 aromatic rings. The van der Waals surface area contributed by atoms with E-state index in [-0.39, 0.29) is 5.91 Å². The number of halogens is 1. The van der Waals surface area contributed by atoms with Gasteiger partial charge in [0, 0.05) is 22.3 Å². The van der Waals surface area contributed by atoms with Gasteiger partial charge in [-0.2, -0.15) is 0 Å². The fraction of sp³-hybridized carbons (Fsp3) is 0.0435. The van der Waals surface area contributed by atoms with Gasteiger partial charge in [-0.3, -0.25) is 4.79 Å². The number of anilines is 1. The monoisotopic (exact) mass is 404 g/mol. The third kappa shape index (κ3) is 4.30. The highest BCUT2D eigenvalue weighted by Crippen LogP contribution is 2.31. The topological polar surface area (TPSA) is 42.0 Å². The van der Waals surface area contributed by atoms with Crippen LogP contribution in [0.25, 0.3) is 26.9 Å². The standard InChI is InChI=1S/C23H17ClN2OS/c1-15-5-11-20-21(13-15)28-23(26-20)17-7-9-19(10-8-17)25-22(27)12-6-16-3-2-4-18(24)14-16/h2-14H,1H3,(H,25,27)/b12-6+. The molecule has 1 N–H and O–H groups in total. The molecule has 3 nitrogen and oxygen atoms in total. The lowest BCUT2D eigenvalue weighted by molar-refractivity contribution is -0.111. The van der Waals surface area contributed by atoms with Gasteiger partial charge < -0.3 is 5.32 Å². The first-order chi connectivity index (χ1) is 13.6. The van der Waals surface area contributed by atoms with Crippen LogP contribution in [0.1, 0.15) is 11.1 Å². The van der Waals surface area contributed by atoms with Crippen LogP contribution in [0.4, 0.5) is 5.69 Å². The van der Waals surface area contributed by atoms with Gasteiger partial charge in [-0.05, 0) is 72.7 Å². The average molecular weight is 405 g/mol. The Hall–Kier alpha value is -2.95. The van der Waals surface area contributed by atoms with Crippen molar-refractivity contribution in [3.05, 3.63) is 89.0 Å². The minimum absolute atomic E-state index is 0.191. The zero-order chi connectivity index (χ0) is 19.5. The van der Waals surface area contributed by atoms with Crippen molar-refractivity contribution >= 4 is 50.8 Å². The van der Waals surface area contributed by atoms with Crippen molar-refractivity contribution in [2.75, 3.05) is 5.32 Å². The van der Waals surface area contributed by atoms with E-state index in [4.69, 9.17) is 16.6 Å². The highest BCUT2D eigenvalue weighted by atomic mass is 35.5. The maximum Gasteiger partial charge on any atom is 0.248 e. The number of hydrogen-bond donors (Lipinski definition) is 1. The van der Waals surface area contributed by atoms with E-state index < -0.39 is 0 Å². The third-order valence-corrected chi connectivity index (χ3v) is 5.52. The molecule has 138 valence electrons. The molecular weight excluding hydrogens is 388 g/mol. The number of benzene rings is 3. The van der Waals surface area contributed by atoms with Crippen molar-refractivity contribution in [2.45, 2.75) is 6.92 Å². The Labute approximate surface area is 172 Å². The van der Waals surface area contributed by atoms with Crippen molar-refractivity contribution < 1.29 is 4.79 Å². The molecule has 0 bridgehead atoms. The number of carbonyl (C=O) groups is 1. The van der Waals surface area contributed by atoms with Crippen LogP contribution in [-0.2, 0) is 4.79 Å². The molecule has 3 aromatic carbocycles. The molecule has 4 rings (SSSR count). The summed E-state index contributed by atoms with van der Waals surface area (Å²) in [4.78, 5) is 16.8. The maximum atomic E-state index is 12.1. The maximum absolute atomic E-state index is 12.1. The number of hydrogen-bond acceptors (Lipinski definition) is 3. The van der Waals surface area contributed by atoms with Gasteiger partial charge in [0.1, 0.15) is 5.01 Å². The number of nitrogens with one attached hydrogen (secondary N) is 1. The second kappa shape index (κ2) is 7.97. The zero-order valence-corrected chi connectivity index (χ0v) is 16.7. The summed E-state index contributed by atoms with van der Waals surface area (Å²) in [5.74, 6) is -0.191. The van der Waals surface area contributed by atoms with E-state index >= 15 is 0 Å². The number of carbonyl (C=O) groups excluding carboxylic acids is 1. The summed E-state index contributed by atoms with van der Waals surface area (Å²) >= 11 is 7.62. The molecule has 5 heteroatoms. The second-order valence-corrected chi connectivity index (χ2v) is 7.91. The van der Waals surface area contributed by atoms with Crippen molar-refractivity contribution in [2.24, 2.45) is 0 Å². The van der Waals surface area contributed by atoms with Crippen LogP contribution in [0.15, 0.2) is 72.8 Å². The van der Waals surface area contributed by atoms with E-state index in [0.717, 1.165) is 27.3 Å². The largest absolute Gasteiger partial charge is 0.323 e.